The molecule has 3 N–H and O–H groups in total. The van der Waals surface area contributed by atoms with Gasteiger partial charge in [-0.05, 0) is 44.0 Å². The molecule has 1 unspecified atom stereocenters. The van der Waals surface area contributed by atoms with E-state index in [-0.39, 0.29) is 37.0 Å². The van der Waals surface area contributed by atoms with E-state index in [0.717, 1.165) is 6.42 Å². The summed E-state index contributed by atoms with van der Waals surface area (Å²) in [5.41, 5.74) is 2.15. The number of fused-ring (bicyclic) bond motifs is 1. The molecule has 1 saturated heterocycles. The Labute approximate surface area is 253 Å². The minimum absolute atomic E-state index is 0.00299. The number of aldehydes is 1. The highest BCUT2D eigenvalue weighted by molar-refractivity contribution is 7.89. The van der Waals surface area contributed by atoms with Crippen molar-refractivity contribution in [3.8, 4) is 17.1 Å². The molecule has 0 spiro atoms. The van der Waals surface area contributed by atoms with Crippen LogP contribution < -0.4 is 15.7 Å². The number of H-pyrrole nitrogens is 1. The third kappa shape index (κ3) is 7.32. The topological polar surface area (TPSA) is 196 Å². The van der Waals surface area contributed by atoms with E-state index in [0.29, 0.717) is 72.6 Å². The SMILES string of the molecule is CCCc1c(/C=N/OCC=O)c(C)c2c(=O)[nH]c(-c3cc(S(=O)(=O)N4CCN(CCO[NH+]([O-])O)CC4)ccc3OCC)nn12. The van der Waals surface area contributed by atoms with E-state index in [1.165, 1.54) is 27.2 Å². The number of aromatic nitrogens is 3. The van der Waals surface area contributed by atoms with Gasteiger partial charge in [0.05, 0.1) is 29.0 Å². The molecule has 0 aliphatic carbocycles. The first-order valence-corrected chi connectivity index (χ1v) is 15.6. The second-order valence-electron chi connectivity index (χ2n) is 9.95. The van der Waals surface area contributed by atoms with Crippen molar-refractivity contribution in [3.05, 3.63) is 50.6 Å². The van der Waals surface area contributed by atoms with Crippen LogP contribution in [0.5, 0.6) is 5.75 Å². The average molecular weight is 636 g/mol. The molecule has 3 aromatic rings. The second-order valence-corrected chi connectivity index (χ2v) is 11.9. The number of piperazine rings is 1. The van der Waals surface area contributed by atoms with Crippen LogP contribution in [-0.4, -0.2) is 102 Å². The lowest BCUT2D eigenvalue weighted by Gasteiger charge is -2.33. The van der Waals surface area contributed by atoms with Crippen LogP contribution >= 0.6 is 0 Å². The molecule has 4 rings (SSSR count). The van der Waals surface area contributed by atoms with Gasteiger partial charge in [0.2, 0.25) is 10.0 Å². The predicted octanol–water partition coefficient (Wildman–Crippen LogP) is -0.0916. The Morgan fingerprint density at radius 3 is 2.64 bits per heavy atom. The van der Waals surface area contributed by atoms with E-state index in [9.17, 15) is 23.2 Å². The zero-order chi connectivity index (χ0) is 31.9. The van der Waals surface area contributed by atoms with Gasteiger partial charge in [0.25, 0.3) is 5.56 Å². The quantitative estimate of drug-likeness (QED) is 0.0874. The minimum Gasteiger partial charge on any atom is -0.566 e. The number of hydrogen-bond donors (Lipinski definition) is 3. The number of rotatable bonds is 15. The van der Waals surface area contributed by atoms with Crippen LogP contribution in [0, 0.1) is 12.1 Å². The van der Waals surface area contributed by atoms with Crippen molar-refractivity contribution in [3.63, 3.8) is 0 Å². The summed E-state index contributed by atoms with van der Waals surface area (Å²) >= 11 is 0. The second kappa shape index (κ2) is 14.8. The van der Waals surface area contributed by atoms with Gasteiger partial charge < -0.3 is 19.8 Å². The van der Waals surface area contributed by atoms with E-state index in [4.69, 9.17) is 19.9 Å². The number of aromatic amines is 1. The number of ether oxygens (including phenoxy) is 1. The summed E-state index contributed by atoms with van der Waals surface area (Å²) in [6.07, 6.45) is 3.33. The highest BCUT2D eigenvalue weighted by atomic mass is 32.2. The number of hydrogen-bond acceptors (Lipinski definition) is 12. The number of nitrogens with zero attached hydrogens (tertiary/aromatic N) is 5. The smallest absolute Gasteiger partial charge is 0.275 e. The molecule has 44 heavy (non-hydrogen) atoms. The number of sulfonamides is 1. The molecular formula is C27H37N7O9S. The van der Waals surface area contributed by atoms with Gasteiger partial charge in [0, 0.05) is 38.3 Å². The van der Waals surface area contributed by atoms with E-state index in [1.807, 2.05) is 11.8 Å². The van der Waals surface area contributed by atoms with Gasteiger partial charge in [0.1, 0.15) is 17.9 Å². The Hall–Kier alpha value is -3.71. The number of oxime groups is 1. The molecule has 0 saturated carbocycles. The van der Waals surface area contributed by atoms with Crippen LogP contribution in [0.25, 0.3) is 16.9 Å². The molecule has 240 valence electrons. The van der Waals surface area contributed by atoms with Gasteiger partial charge in [-0.2, -0.15) is 14.4 Å². The molecular weight excluding hydrogens is 598 g/mol. The third-order valence-electron chi connectivity index (χ3n) is 7.18. The Kier molecular flexibility index (Phi) is 11.2. The Balaban J connectivity index is 1.71. The molecule has 0 amide bonds. The molecule has 1 aromatic carbocycles. The lowest BCUT2D eigenvalue weighted by Crippen LogP contribution is -3.03. The molecule has 1 fully saturated rings. The summed E-state index contributed by atoms with van der Waals surface area (Å²) in [7, 11) is -3.93. The van der Waals surface area contributed by atoms with E-state index >= 15 is 0 Å². The number of aryl methyl sites for hydroxylation is 2. The monoisotopic (exact) mass is 635 g/mol. The fourth-order valence-corrected chi connectivity index (χ4v) is 6.54. The van der Waals surface area contributed by atoms with Crippen LogP contribution in [0.2, 0.25) is 0 Å². The number of carbonyl (C=O) groups is 1. The maximum absolute atomic E-state index is 13.7. The fraction of sp³-hybridized carbons (Fsp3) is 0.481. The summed E-state index contributed by atoms with van der Waals surface area (Å²) in [5.74, 6) is 0.474. The van der Waals surface area contributed by atoms with Crippen LogP contribution in [0.3, 0.4) is 0 Å². The minimum atomic E-state index is -3.93. The molecule has 1 aliphatic heterocycles. The van der Waals surface area contributed by atoms with Crippen LogP contribution in [0.15, 0.2) is 33.0 Å². The summed E-state index contributed by atoms with van der Waals surface area (Å²) in [5, 5.41) is 26.5. The molecule has 1 atom stereocenters. The number of benzene rings is 1. The van der Waals surface area contributed by atoms with Gasteiger partial charge in [0.15, 0.2) is 18.7 Å². The molecule has 1 aliphatic rings. The number of nitrogens with one attached hydrogen (secondary N) is 2. The van der Waals surface area contributed by atoms with Gasteiger partial charge >= 0.3 is 0 Å². The molecule has 2 aromatic heterocycles. The van der Waals surface area contributed by atoms with E-state index < -0.39 is 21.0 Å². The van der Waals surface area contributed by atoms with Gasteiger partial charge in [-0.25, -0.2) is 12.9 Å². The van der Waals surface area contributed by atoms with Crippen molar-refractivity contribution in [1.29, 1.82) is 0 Å². The molecule has 16 nitrogen and oxygen atoms in total. The normalized spacial score (nSPS) is 15.7. The lowest BCUT2D eigenvalue weighted by atomic mass is 10.1. The van der Waals surface area contributed by atoms with Crippen LogP contribution in [0.1, 0.15) is 37.1 Å². The Morgan fingerprint density at radius 2 is 1.98 bits per heavy atom. The fourth-order valence-electron chi connectivity index (χ4n) is 5.09. The third-order valence-corrected chi connectivity index (χ3v) is 9.07. The Bertz CT molecular complexity index is 1650. The average Bonchev–Trinajstić information content (AvgIpc) is 3.26. The van der Waals surface area contributed by atoms with Gasteiger partial charge in [-0.15, -0.1) is 5.10 Å². The zero-order valence-corrected chi connectivity index (χ0v) is 25.6. The van der Waals surface area contributed by atoms with Crippen LogP contribution in [-0.2, 0) is 30.9 Å². The van der Waals surface area contributed by atoms with Gasteiger partial charge in [-0.3, -0.25) is 14.5 Å². The van der Waals surface area contributed by atoms with E-state index in [1.54, 1.807) is 19.9 Å². The Morgan fingerprint density at radius 1 is 1.23 bits per heavy atom. The first-order chi connectivity index (χ1) is 21.1. The summed E-state index contributed by atoms with van der Waals surface area (Å²) in [4.78, 5) is 38.3. The summed E-state index contributed by atoms with van der Waals surface area (Å²) in [6.45, 7) is 7.26. The maximum Gasteiger partial charge on any atom is 0.275 e. The van der Waals surface area contributed by atoms with E-state index in [2.05, 4.69) is 15.0 Å². The molecule has 0 bridgehead atoms. The molecule has 3 heterocycles. The standard InChI is InChI=1S/C27H37N7O9S/c1-4-6-23-22(18-28-42-16-14-35)19(3)25-27(36)29-26(30-33(23)25)21-17-20(7-8-24(21)41-5-2)44(39,40)32-11-9-31(10-12-32)13-15-43-34(37)38/h7-8,14,17-18,34,37H,4-6,9-13,15-16H2,1-3H3,(H,29,30,36)/b28-18+. The maximum atomic E-state index is 13.7. The first-order valence-electron chi connectivity index (χ1n) is 14.2. The lowest BCUT2D eigenvalue weighted by molar-refractivity contribution is -1.21. The predicted molar refractivity (Wildman–Crippen MR) is 158 cm³/mol. The largest absolute Gasteiger partial charge is 0.566 e. The van der Waals surface area contributed by atoms with Crippen molar-refractivity contribution in [2.24, 2.45) is 5.16 Å². The first kappa shape index (κ1) is 33.2. The van der Waals surface area contributed by atoms with Gasteiger partial charge in [-0.1, -0.05) is 23.9 Å². The van der Waals surface area contributed by atoms with Crippen molar-refractivity contribution < 1.29 is 38.2 Å². The van der Waals surface area contributed by atoms with Crippen LogP contribution in [0.4, 0.5) is 0 Å². The zero-order valence-electron chi connectivity index (χ0n) is 24.8. The highest BCUT2D eigenvalue weighted by Gasteiger charge is 2.30. The van der Waals surface area contributed by atoms with Crippen molar-refractivity contribution in [2.75, 3.05) is 52.5 Å². The van der Waals surface area contributed by atoms with Crippen molar-refractivity contribution in [1.82, 2.24) is 23.8 Å². The van der Waals surface area contributed by atoms with Crippen molar-refractivity contribution >= 4 is 28.0 Å². The summed E-state index contributed by atoms with van der Waals surface area (Å²) in [6, 6.07) is 4.46. The summed E-state index contributed by atoms with van der Waals surface area (Å²) < 4.78 is 36.1. The number of carbonyl (C=O) groups excluding carboxylic acids is 1. The van der Waals surface area contributed by atoms with Crippen molar-refractivity contribution in [2.45, 2.75) is 38.5 Å². The molecule has 17 heteroatoms. The number of quaternary nitrogens is 1. The highest BCUT2D eigenvalue weighted by Crippen LogP contribution is 2.32. The molecule has 0 radical (unpaired) electrons.